The summed E-state index contributed by atoms with van der Waals surface area (Å²) in [5.41, 5.74) is 5.82. The zero-order chi connectivity index (χ0) is 24.0. The van der Waals surface area contributed by atoms with Gasteiger partial charge in [-0.15, -0.1) is 0 Å². The largest absolute Gasteiger partial charge is 0.416 e. The Labute approximate surface area is 190 Å². The van der Waals surface area contributed by atoms with Crippen molar-refractivity contribution in [2.24, 2.45) is 0 Å². The summed E-state index contributed by atoms with van der Waals surface area (Å²) in [7, 11) is 0. The third-order valence-electron chi connectivity index (χ3n) is 5.62. The summed E-state index contributed by atoms with van der Waals surface area (Å²) in [6, 6.07) is 7.19. The molecule has 10 heteroatoms. The first-order chi connectivity index (χ1) is 15.6. The van der Waals surface area contributed by atoms with E-state index in [4.69, 9.17) is 5.73 Å². The lowest BCUT2D eigenvalue weighted by Gasteiger charge is -2.39. The third kappa shape index (κ3) is 6.67. The number of hydrogen-bond donors (Lipinski definition) is 3. The topological polar surface area (TPSA) is 100 Å². The summed E-state index contributed by atoms with van der Waals surface area (Å²) in [4.78, 5) is 31.3. The molecule has 2 atom stereocenters. The number of nitrogen functional groups attached to an aromatic ring is 1. The van der Waals surface area contributed by atoms with E-state index in [1.54, 1.807) is 12.1 Å². The maximum atomic E-state index is 13.3. The molecule has 4 N–H and O–H groups in total. The quantitative estimate of drug-likeness (QED) is 0.586. The van der Waals surface area contributed by atoms with Crippen molar-refractivity contribution in [1.82, 2.24) is 20.5 Å². The van der Waals surface area contributed by atoms with Gasteiger partial charge in [-0.2, -0.15) is 13.2 Å². The molecule has 0 saturated carbocycles. The Morgan fingerprint density at radius 3 is 2.64 bits per heavy atom. The Bertz CT molecular complexity index is 959. The molecular weight excluding hydrogens is 435 g/mol. The highest BCUT2D eigenvalue weighted by atomic mass is 19.4. The monoisotopic (exact) mass is 463 g/mol. The fourth-order valence-corrected chi connectivity index (χ4v) is 3.99. The molecule has 2 aromatic rings. The molecule has 33 heavy (non-hydrogen) atoms. The lowest BCUT2D eigenvalue weighted by Crippen LogP contribution is -2.59. The Balaban J connectivity index is 1.86. The number of rotatable bonds is 7. The molecule has 0 radical (unpaired) electrons. The van der Waals surface area contributed by atoms with Gasteiger partial charge in [0.25, 0.3) is 0 Å². The van der Waals surface area contributed by atoms with Crippen LogP contribution < -0.4 is 16.4 Å². The van der Waals surface area contributed by atoms with E-state index in [0.717, 1.165) is 25.0 Å². The van der Waals surface area contributed by atoms with Gasteiger partial charge >= 0.3 is 6.18 Å². The van der Waals surface area contributed by atoms with Gasteiger partial charge in [0.1, 0.15) is 11.9 Å². The van der Waals surface area contributed by atoms with Gasteiger partial charge < -0.3 is 16.0 Å². The first-order valence-electron chi connectivity index (χ1n) is 10.8. The van der Waals surface area contributed by atoms with Crippen LogP contribution in [0.5, 0.6) is 0 Å². The van der Waals surface area contributed by atoms with Crippen LogP contribution in [-0.2, 0) is 28.7 Å². The van der Waals surface area contributed by atoms with Gasteiger partial charge in [0.05, 0.1) is 11.7 Å². The van der Waals surface area contributed by atoms with E-state index < -0.39 is 23.7 Å². The molecule has 2 heterocycles. The fraction of sp³-hybridized carbons (Fsp3) is 0.435. The standard InChI is InChI=1S/C23H28F3N5O2/c1-15(32)31(21-7-2-3-10-28-21)19(12-16-5-4-6-18(11-16)23(24,25)26)22(33)30-14-17-8-9-20(27)29-13-17/h4-6,8-9,11,13,19,21,28H,2-3,7,10,12,14H2,1H3,(H2,27,29)(H,30,33)/t19-,21?/m0/s1. The average Bonchev–Trinajstić information content (AvgIpc) is 2.78. The number of nitrogens with zero attached hydrogens (tertiary/aromatic N) is 2. The fourth-order valence-electron chi connectivity index (χ4n) is 3.99. The van der Waals surface area contributed by atoms with Gasteiger partial charge in [-0.3, -0.25) is 14.9 Å². The summed E-state index contributed by atoms with van der Waals surface area (Å²) in [5.74, 6) is -0.430. The van der Waals surface area contributed by atoms with Crippen molar-refractivity contribution in [3.8, 4) is 0 Å². The van der Waals surface area contributed by atoms with E-state index >= 15 is 0 Å². The molecule has 2 amide bonds. The SMILES string of the molecule is CC(=O)N(C1CCCCN1)[C@@H](Cc1cccc(C(F)(F)F)c1)C(=O)NCc1ccc(N)nc1. The molecule has 0 aliphatic carbocycles. The van der Waals surface area contributed by atoms with Crippen LogP contribution >= 0.6 is 0 Å². The minimum atomic E-state index is -4.50. The van der Waals surface area contributed by atoms with E-state index in [9.17, 15) is 22.8 Å². The van der Waals surface area contributed by atoms with Crippen LogP contribution in [0.3, 0.4) is 0 Å². The number of carbonyl (C=O) groups is 2. The maximum Gasteiger partial charge on any atom is 0.416 e. The minimum absolute atomic E-state index is 0.0481. The van der Waals surface area contributed by atoms with Crippen LogP contribution in [0.15, 0.2) is 42.6 Å². The van der Waals surface area contributed by atoms with Gasteiger partial charge in [-0.1, -0.05) is 24.3 Å². The number of aromatic nitrogens is 1. The van der Waals surface area contributed by atoms with E-state index in [-0.39, 0.29) is 25.0 Å². The number of piperidine rings is 1. The molecule has 1 aromatic heterocycles. The molecule has 1 aromatic carbocycles. The smallest absolute Gasteiger partial charge is 0.384 e. The number of nitrogens with one attached hydrogen (secondary N) is 2. The molecule has 7 nitrogen and oxygen atoms in total. The molecule has 3 rings (SSSR count). The van der Waals surface area contributed by atoms with Crippen molar-refractivity contribution < 1.29 is 22.8 Å². The maximum absolute atomic E-state index is 13.3. The Morgan fingerprint density at radius 1 is 1.24 bits per heavy atom. The summed E-state index contributed by atoms with van der Waals surface area (Å²) in [6.07, 6.45) is -0.880. The van der Waals surface area contributed by atoms with Crippen LogP contribution in [0.4, 0.5) is 19.0 Å². The molecule has 1 unspecified atom stereocenters. The van der Waals surface area contributed by atoms with Gasteiger partial charge in [0.2, 0.25) is 11.8 Å². The van der Waals surface area contributed by atoms with Gasteiger partial charge in [0, 0.05) is 26.1 Å². The highest BCUT2D eigenvalue weighted by Gasteiger charge is 2.35. The Morgan fingerprint density at radius 2 is 2.03 bits per heavy atom. The van der Waals surface area contributed by atoms with Crippen molar-refractivity contribution >= 4 is 17.6 Å². The number of hydrogen-bond acceptors (Lipinski definition) is 5. The Kier molecular flexibility index (Phi) is 7.91. The van der Waals surface area contributed by atoms with Crippen LogP contribution in [0.1, 0.15) is 42.9 Å². The lowest BCUT2D eigenvalue weighted by atomic mass is 9.99. The number of amides is 2. The summed E-state index contributed by atoms with van der Waals surface area (Å²) < 4.78 is 39.6. The Hall–Kier alpha value is -3.14. The van der Waals surface area contributed by atoms with Crippen LogP contribution in [0.2, 0.25) is 0 Å². The summed E-state index contributed by atoms with van der Waals surface area (Å²) >= 11 is 0. The molecule has 178 valence electrons. The van der Waals surface area contributed by atoms with Gasteiger partial charge in [0.15, 0.2) is 0 Å². The zero-order valence-electron chi connectivity index (χ0n) is 18.4. The van der Waals surface area contributed by atoms with Crippen molar-refractivity contribution in [2.75, 3.05) is 12.3 Å². The van der Waals surface area contributed by atoms with E-state index in [0.29, 0.717) is 29.9 Å². The van der Waals surface area contributed by atoms with Crippen LogP contribution in [0, 0.1) is 0 Å². The van der Waals surface area contributed by atoms with Crippen LogP contribution in [0.25, 0.3) is 0 Å². The van der Waals surface area contributed by atoms with E-state index in [1.165, 1.54) is 30.2 Å². The van der Waals surface area contributed by atoms with Gasteiger partial charge in [-0.25, -0.2) is 4.98 Å². The molecule has 0 spiro atoms. The predicted octanol–water partition coefficient (Wildman–Crippen LogP) is 2.86. The van der Waals surface area contributed by atoms with Crippen LogP contribution in [-0.4, -0.2) is 40.5 Å². The number of alkyl halides is 3. The second-order valence-corrected chi connectivity index (χ2v) is 8.12. The van der Waals surface area contributed by atoms with E-state index in [2.05, 4.69) is 15.6 Å². The second kappa shape index (κ2) is 10.7. The van der Waals surface area contributed by atoms with Crippen molar-refractivity contribution in [2.45, 2.75) is 57.5 Å². The molecule has 0 bridgehead atoms. The molecular formula is C23H28F3N5O2. The van der Waals surface area contributed by atoms with Crippen molar-refractivity contribution in [3.63, 3.8) is 0 Å². The average molecular weight is 464 g/mol. The molecule has 1 saturated heterocycles. The molecule has 1 fully saturated rings. The van der Waals surface area contributed by atoms with Crippen molar-refractivity contribution in [3.05, 3.63) is 59.3 Å². The number of carbonyl (C=O) groups excluding carboxylic acids is 2. The molecule has 1 aliphatic rings. The van der Waals surface area contributed by atoms with Crippen molar-refractivity contribution in [1.29, 1.82) is 0 Å². The third-order valence-corrected chi connectivity index (χ3v) is 5.62. The van der Waals surface area contributed by atoms with E-state index in [1.807, 2.05) is 0 Å². The first-order valence-corrected chi connectivity index (χ1v) is 10.8. The summed E-state index contributed by atoms with van der Waals surface area (Å²) in [6.45, 7) is 2.21. The number of pyridine rings is 1. The number of nitrogens with two attached hydrogens (primary N) is 1. The normalized spacial score (nSPS) is 17.3. The highest BCUT2D eigenvalue weighted by molar-refractivity contribution is 5.87. The number of halogens is 3. The summed E-state index contributed by atoms with van der Waals surface area (Å²) in [5, 5.41) is 6.05. The highest BCUT2D eigenvalue weighted by Crippen LogP contribution is 2.30. The second-order valence-electron chi connectivity index (χ2n) is 8.12. The number of benzene rings is 1. The first kappa shape index (κ1) is 24.5. The predicted molar refractivity (Wildman–Crippen MR) is 118 cm³/mol. The minimum Gasteiger partial charge on any atom is -0.384 e. The molecule has 1 aliphatic heterocycles. The lowest BCUT2D eigenvalue weighted by molar-refractivity contribution is -0.143. The number of anilines is 1. The zero-order valence-corrected chi connectivity index (χ0v) is 18.4. The van der Waals surface area contributed by atoms with Gasteiger partial charge in [-0.05, 0) is 49.1 Å².